The van der Waals surface area contributed by atoms with E-state index in [0.29, 0.717) is 12.1 Å². The lowest BCUT2D eigenvalue weighted by Crippen LogP contribution is -2.46. The summed E-state index contributed by atoms with van der Waals surface area (Å²) in [5.74, 6) is -1.37. The van der Waals surface area contributed by atoms with Crippen molar-refractivity contribution >= 4 is 28.6 Å². The Bertz CT molecular complexity index is 773. The van der Waals surface area contributed by atoms with E-state index in [2.05, 4.69) is 10.6 Å². The molecular weight excluding hydrogens is 320 g/mol. The molecule has 0 unspecified atom stereocenters. The highest BCUT2D eigenvalue weighted by Crippen LogP contribution is 2.16. The van der Waals surface area contributed by atoms with E-state index in [1.807, 2.05) is 37.3 Å². The number of nitrogens with one attached hydrogen (secondary N) is 2. The second-order valence-electron chi connectivity index (χ2n) is 5.72. The van der Waals surface area contributed by atoms with Crippen molar-refractivity contribution in [3.05, 3.63) is 48.0 Å². The summed E-state index contributed by atoms with van der Waals surface area (Å²) in [6.45, 7) is 3.64. The summed E-state index contributed by atoms with van der Waals surface area (Å²) >= 11 is 0. The monoisotopic (exact) mass is 342 g/mol. The first-order chi connectivity index (χ1) is 12.0. The van der Waals surface area contributed by atoms with Gasteiger partial charge in [0.15, 0.2) is 6.61 Å². The Hall–Kier alpha value is -2.89. The van der Waals surface area contributed by atoms with Gasteiger partial charge in [-0.15, -0.1) is 0 Å². The normalized spacial score (nSPS) is 11.6. The molecule has 0 saturated carbocycles. The first-order valence-electron chi connectivity index (χ1n) is 8.24. The molecule has 0 fully saturated rings. The smallest absolute Gasteiger partial charge is 0.338 e. The van der Waals surface area contributed by atoms with Gasteiger partial charge in [0, 0.05) is 6.54 Å². The first kappa shape index (κ1) is 18.4. The second kappa shape index (κ2) is 8.82. The van der Waals surface area contributed by atoms with Crippen molar-refractivity contribution in [2.45, 2.75) is 26.3 Å². The molecule has 0 aliphatic heterocycles. The van der Waals surface area contributed by atoms with Crippen LogP contribution in [0.4, 0.5) is 0 Å². The summed E-state index contributed by atoms with van der Waals surface area (Å²) < 4.78 is 5.02. The van der Waals surface area contributed by atoms with Gasteiger partial charge in [-0.05, 0) is 36.2 Å². The van der Waals surface area contributed by atoms with Gasteiger partial charge >= 0.3 is 5.97 Å². The van der Waals surface area contributed by atoms with E-state index in [0.717, 1.165) is 17.2 Å². The van der Waals surface area contributed by atoms with Crippen LogP contribution < -0.4 is 10.6 Å². The zero-order valence-electron chi connectivity index (χ0n) is 14.4. The van der Waals surface area contributed by atoms with Crippen LogP contribution in [0, 0.1) is 0 Å². The molecule has 2 aromatic carbocycles. The van der Waals surface area contributed by atoms with E-state index in [1.54, 1.807) is 19.1 Å². The van der Waals surface area contributed by atoms with Crippen LogP contribution in [0.1, 0.15) is 30.6 Å². The number of benzene rings is 2. The maximum Gasteiger partial charge on any atom is 0.338 e. The minimum absolute atomic E-state index is 0.268. The molecule has 2 rings (SSSR count). The third-order valence-electron chi connectivity index (χ3n) is 3.64. The molecule has 0 heterocycles. The predicted molar refractivity (Wildman–Crippen MR) is 95.1 cm³/mol. The van der Waals surface area contributed by atoms with Crippen LogP contribution in [-0.4, -0.2) is 37.0 Å². The molecule has 2 amide bonds. The third kappa shape index (κ3) is 5.31. The molecule has 2 aromatic rings. The minimum atomic E-state index is -0.682. The number of fused-ring (bicyclic) bond motifs is 1. The Kier molecular flexibility index (Phi) is 6.51. The van der Waals surface area contributed by atoms with Gasteiger partial charge in [0.1, 0.15) is 6.04 Å². The molecule has 0 aromatic heterocycles. The molecule has 0 aliphatic carbocycles. The largest absolute Gasteiger partial charge is 0.452 e. The molecule has 6 heteroatoms. The number of carbonyl (C=O) groups excluding carboxylic acids is 3. The Labute approximate surface area is 146 Å². The van der Waals surface area contributed by atoms with Crippen molar-refractivity contribution in [3.63, 3.8) is 0 Å². The Morgan fingerprint density at radius 1 is 1.08 bits per heavy atom. The number of carbonyl (C=O) groups is 3. The molecule has 1 atom stereocenters. The number of hydrogen-bond acceptors (Lipinski definition) is 4. The van der Waals surface area contributed by atoms with Crippen molar-refractivity contribution < 1.29 is 19.1 Å². The summed E-state index contributed by atoms with van der Waals surface area (Å²) in [4.78, 5) is 35.6. The van der Waals surface area contributed by atoms with Crippen LogP contribution in [0.3, 0.4) is 0 Å². The number of ether oxygens (including phenoxy) is 1. The van der Waals surface area contributed by atoms with Crippen molar-refractivity contribution in [2.24, 2.45) is 0 Å². The maximum absolute atomic E-state index is 12.1. The molecule has 0 saturated heterocycles. The van der Waals surface area contributed by atoms with Crippen LogP contribution in [0.5, 0.6) is 0 Å². The average Bonchev–Trinajstić information content (AvgIpc) is 2.63. The summed E-state index contributed by atoms with van der Waals surface area (Å²) in [5, 5.41) is 7.12. The van der Waals surface area contributed by atoms with Gasteiger partial charge in [0.05, 0.1) is 5.56 Å². The zero-order valence-corrected chi connectivity index (χ0v) is 14.4. The maximum atomic E-state index is 12.1. The van der Waals surface area contributed by atoms with Crippen LogP contribution >= 0.6 is 0 Å². The van der Waals surface area contributed by atoms with Crippen molar-refractivity contribution in [1.29, 1.82) is 0 Å². The van der Waals surface area contributed by atoms with Gasteiger partial charge in [-0.3, -0.25) is 9.59 Å². The number of amides is 2. The fraction of sp³-hybridized carbons (Fsp3) is 0.316. The SMILES string of the molecule is CCCNC(=O)[C@@H](C)NC(=O)COC(=O)c1ccc2ccccc2c1. The topological polar surface area (TPSA) is 84.5 Å². The van der Waals surface area contributed by atoms with E-state index in [1.165, 1.54) is 0 Å². The minimum Gasteiger partial charge on any atom is -0.452 e. The first-order valence-corrected chi connectivity index (χ1v) is 8.24. The van der Waals surface area contributed by atoms with Crippen LogP contribution in [0.25, 0.3) is 10.8 Å². The Morgan fingerprint density at radius 3 is 2.52 bits per heavy atom. The highest BCUT2D eigenvalue weighted by molar-refractivity contribution is 5.96. The van der Waals surface area contributed by atoms with Crippen LogP contribution in [0.15, 0.2) is 42.5 Å². The summed E-state index contributed by atoms with van der Waals surface area (Å²) in [7, 11) is 0. The Morgan fingerprint density at radius 2 is 1.80 bits per heavy atom. The summed E-state index contributed by atoms with van der Waals surface area (Å²) in [6, 6.07) is 12.2. The lowest BCUT2D eigenvalue weighted by Gasteiger charge is -2.13. The lowest BCUT2D eigenvalue weighted by molar-refractivity contribution is -0.130. The highest BCUT2D eigenvalue weighted by atomic mass is 16.5. The predicted octanol–water partition coefficient (Wildman–Crippen LogP) is 2.03. The van der Waals surface area contributed by atoms with E-state index >= 15 is 0 Å². The highest BCUT2D eigenvalue weighted by Gasteiger charge is 2.16. The fourth-order valence-electron chi connectivity index (χ4n) is 2.28. The number of rotatable bonds is 7. The second-order valence-corrected chi connectivity index (χ2v) is 5.72. The third-order valence-corrected chi connectivity index (χ3v) is 3.64. The van der Waals surface area contributed by atoms with Gasteiger partial charge < -0.3 is 15.4 Å². The molecule has 0 bridgehead atoms. The molecule has 0 aliphatic rings. The Balaban J connectivity index is 1.86. The molecule has 6 nitrogen and oxygen atoms in total. The van der Waals surface area contributed by atoms with Gasteiger partial charge in [-0.2, -0.15) is 0 Å². The van der Waals surface area contributed by atoms with Crippen molar-refractivity contribution in [2.75, 3.05) is 13.2 Å². The van der Waals surface area contributed by atoms with Crippen LogP contribution in [-0.2, 0) is 14.3 Å². The molecule has 0 spiro atoms. The summed E-state index contributed by atoms with van der Waals surface area (Å²) in [6.07, 6.45) is 0.815. The molecule has 25 heavy (non-hydrogen) atoms. The van der Waals surface area contributed by atoms with Crippen molar-refractivity contribution in [3.8, 4) is 0 Å². The van der Waals surface area contributed by atoms with Gasteiger partial charge in [0.2, 0.25) is 5.91 Å². The van der Waals surface area contributed by atoms with Crippen molar-refractivity contribution in [1.82, 2.24) is 10.6 Å². The standard InChI is InChI=1S/C19H22N2O4/c1-3-10-20-18(23)13(2)21-17(22)12-25-19(24)16-9-8-14-6-4-5-7-15(14)11-16/h4-9,11,13H,3,10,12H2,1-2H3,(H,20,23)(H,21,22)/t13-/m1/s1. The lowest BCUT2D eigenvalue weighted by atomic mass is 10.1. The molecule has 0 radical (unpaired) electrons. The van der Waals surface area contributed by atoms with E-state index < -0.39 is 24.5 Å². The van der Waals surface area contributed by atoms with E-state index in [4.69, 9.17) is 4.74 Å². The molecule has 2 N–H and O–H groups in total. The number of hydrogen-bond donors (Lipinski definition) is 2. The van der Waals surface area contributed by atoms with Gasteiger partial charge in [-0.1, -0.05) is 37.3 Å². The fourth-order valence-corrected chi connectivity index (χ4v) is 2.28. The van der Waals surface area contributed by atoms with Gasteiger partial charge in [-0.25, -0.2) is 4.79 Å². The van der Waals surface area contributed by atoms with E-state index in [-0.39, 0.29) is 5.91 Å². The molecular formula is C19H22N2O4. The van der Waals surface area contributed by atoms with Gasteiger partial charge in [0.25, 0.3) is 5.91 Å². The average molecular weight is 342 g/mol. The number of esters is 1. The van der Waals surface area contributed by atoms with Crippen LogP contribution in [0.2, 0.25) is 0 Å². The van der Waals surface area contributed by atoms with E-state index in [9.17, 15) is 14.4 Å². The quantitative estimate of drug-likeness (QED) is 0.754. The zero-order chi connectivity index (χ0) is 18.2. The summed E-state index contributed by atoms with van der Waals surface area (Å²) in [5.41, 5.74) is 0.375. The molecule has 132 valence electrons.